The van der Waals surface area contributed by atoms with Gasteiger partial charge in [0.1, 0.15) is 0 Å². The summed E-state index contributed by atoms with van der Waals surface area (Å²) in [5, 5.41) is 11.6. The summed E-state index contributed by atoms with van der Waals surface area (Å²) in [4.78, 5) is 1.31. The fourth-order valence-electron chi connectivity index (χ4n) is 1.52. The molecule has 0 bridgehead atoms. The molecular weight excluding hydrogens is 194 g/mol. The van der Waals surface area contributed by atoms with Crippen molar-refractivity contribution in [2.45, 2.75) is 19.6 Å². The van der Waals surface area contributed by atoms with E-state index < -0.39 is 6.10 Å². The van der Waals surface area contributed by atoms with E-state index in [4.69, 9.17) is 0 Å². The average molecular weight is 207 g/mol. The molecule has 14 heavy (non-hydrogen) atoms. The average Bonchev–Trinajstić information content (AvgIpc) is 2.75. The molecule has 0 aliphatic carbocycles. The summed E-state index contributed by atoms with van der Waals surface area (Å²) in [6.45, 7) is 2.64. The molecule has 1 N–H and O–H groups in total. The smallest absolute Gasteiger partial charge is 0.0911 e. The number of aromatic nitrogens is 1. The molecule has 0 aromatic carbocycles. The van der Waals surface area contributed by atoms with Gasteiger partial charge in [0.15, 0.2) is 0 Å². The van der Waals surface area contributed by atoms with Gasteiger partial charge in [0.25, 0.3) is 0 Å². The summed E-state index contributed by atoms with van der Waals surface area (Å²) in [6, 6.07) is 8.08. The molecule has 2 nitrogen and oxygen atoms in total. The topological polar surface area (TPSA) is 25.2 Å². The number of hydrogen-bond acceptors (Lipinski definition) is 2. The van der Waals surface area contributed by atoms with Crippen molar-refractivity contribution in [3.63, 3.8) is 0 Å². The number of hydrogen-bond donors (Lipinski definition) is 1. The Hall–Kier alpha value is -1.06. The molecule has 0 aliphatic heterocycles. The van der Waals surface area contributed by atoms with E-state index in [-0.39, 0.29) is 0 Å². The van der Waals surface area contributed by atoms with Gasteiger partial charge in [-0.25, -0.2) is 0 Å². The van der Waals surface area contributed by atoms with E-state index >= 15 is 0 Å². The summed E-state index contributed by atoms with van der Waals surface area (Å²) in [5.74, 6) is 0. The van der Waals surface area contributed by atoms with Crippen molar-refractivity contribution in [3.05, 3.63) is 46.4 Å². The van der Waals surface area contributed by atoms with Gasteiger partial charge < -0.3 is 9.67 Å². The molecular formula is C11H13NOS. The van der Waals surface area contributed by atoms with E-state index in [0.29, 0.717) is 0 Å². The molecule has 2 heterocycles. The maximum absolute atomic E-state index is 9.50. The molecule has 0 radical (unpaired) electrons. The van der Waals surface area contributed by atoms with Crippen molar-refractivity contribution in [1.29, 1.82) is 0 Å². The minimum Gasteiger partial charge on any atom is -0.387 e. The second-order valence-electron chi connectivity index (χ2n) is 3.32. The van der Waals surface area contributed by atoms with E-state index in [9.17, 15) is 5.11 Å². The Morgan fingerprint density at radius 1 is 1.43 bits per heavy atom. The zero-order valence-electron chi connectivity index (χ0n) is 8.05. The van der Waals surface area contributed by atoms with Gasteiger partial charge in [-0.3, -0.25) is 0 Å². The zero-order valence-corrected chi connectivity index (χ0v) is 8.87. The lowest BCUT2D eigenvalue weighted by molar-refractivity contribution is 0.190. The predicted molar refractivity (Wildman–Crippen MR) is 58.5 cm³/mol. The number of nitrogens with zero attached hydrogens (tertiary/aromatic N) is 1. The van der Waals surface area contributed by atoms with Crippen molar-refractivity contribution in [3.8, 4) is 0 Å². The van der Waals surface area contributed by atoms with Gasteiger partial charge in [0.05, 0.1) is 12.6 Å². The van der Waals surface area contributed by atoms with Crippen molar-refractivity contribution < 1.29 is 5.11 Å². The van der Waals surface area contributed by atoms with Crippen LogP contribution in [0.3, 0.4) is 0 Å². The highest BCUT2D eigenvalue weighted by Crippen LogP contribution is 2.17. The maximum atomic E-state index is 9.50. The molecule has 2 aromatic rings. The Kier molecular flexibility index (Phi) is 2.70. The molecule has 2 rings (SSSR count). The van der Waals surface area contributed by atoms with Gasteiger partial charge in [-0.05, 0) is 30.5 Å². The third-order valence-corrected chi connectivity index (χ3v) is 3.06. The zero-order chi connectivity index (χ0) is 9.97. The van der Waals surface area contributed by atoms with Crippen molar-refractivity contribution in [1.82, 2.24) is 4.57 Å². The van der Waals surface area contributed by atoms with Gasteiger partial charge in [-0.1, -0.05) is 6.07 Å². The summed E-state index contributed by atoms with van der Waals surface area (Å²) in [6.07, 6.45) is 1.60. The largest absolute Gasteiger partial charge is 0.387 e. The van der Waals surface area contributed by atoms with Crippen LogP contribution in [-0.2, 0) is 6.54 Å². The van der Waals surface area contributed by atoms with E-state index in [0.717, 1.165) is 12.2 Å². The van der Waals surface area contributed by atoms with E-state index in [1.165, 1.54) is 4.88 Å². The first-order chi connectivity index (χ1) is 6.77. The second-order valence-corrected chi connectivity index (χ2v) is 4.35. The Morgan fingerprint density at radius 2 is 2.29 bits per heavy atom. The molecule has 0 saturated carbocycles. The van der Waals surface area contributed by atoms with Crippen molar-refractivity contribution >= 4 is 11.3 Å². The van der Waals surface area contributed by atoms with Crippen LogP contribution in [0, 0.1) is 0 Å². The van der Waals surface area contributed by atoms with Crippen LogP contribution in [0.4, 0.5) is 0 Å². The fourth-order valence-corrected chi connectivity index (χ4v) is 2.22. The van der Waals surface area contributed by atoms with Crippen LogP contribution < -0.4 is 0 Å². The Balaban J connectivity index is 2.21. The lowest BCUT2D eigenvalue weighted by atomic mass is 10.3. The Bertz CT molecular complexity index is 389. The highest BCUT2D eigenvalue weighted by Gasteiger charge is 2.06. The molecule has 0 saturated heterocycles. The van der Waals surface area contributed by atoms with Gasteiger partial charge in [-0.15, -0.1) is 11.3 Å². The minimum absolute atomic E-state index is 0.398. The first-order valence-corrected chi connectivity index (χ1v) is 5.51. The van der Waals surface area contributed by atoms with Gasteiger partial charge in [0, 0.05) is 16.8 Å². The molecule has 3 heteroatoms. The molecule has 1 atom stereocenters. The first-order valence-electron chi connectivity index (χ1n) is 4.63. The normalized spacial score (nSPS) is 13.0. The monoisotopic (exact) mass is 207 g/mol. The van der Waals surface area contributed by atoms with Crippen LogP contribution in [0.1, 0.15) is 23.6 Å². The van der Waals surface area contributed by atoms with Crippen LogP contribution in [0.15, 0.2) is 35.8 Å². The SMILES string of the molecule is CC(O)c1cccn1Cc1cccs1. The van der Waals surface area contributed by atoms with Gasteiger partial charge in [-0.2, -0.15) is 0 Å². The number of thiophene rings is 1. The molecule has 0 fully saturated rings. The van der Waals surface area contributed by atoms with Crippen molar-refractivity contribution in [2.75, 3.05) is 0 Å². The minimum atomic E-state index is -0.398. The third-order valence-electron chi connectivity index (χ3n) is 2.20. The lowest BCUT2D eigenvalue weighted by Crippen LogP contribution is -2.04. The van der Waals surface area contributed by atoms with E-state index in [1.807, 2.05) is 24.4 Å². The number of aliphatic hydroxyl groups excluding tert-OH is 1. The summed E-state index contributed by atoms with van der Waals surface area (Å²) in [5.41, 5.74) is 0.971. The van der Waals surface area contributed by atoms with E-state index in [1.54, 1.807) is 18.3 Å². The molecule has 2 aromatic heterocycles. The van der Waals surface area contributed by atoms with Crippen LogP contribution in [0.25, 0.3) is 0 Å². The van der Waals surface area contributed by atoms with Gasteiger partial charge in [0.2, 0.25) is 0 Å². The first kappa shape index (κ1) is 9.49. The molecule has 0 aliphatic rings. The fraction of sp³-hybridized carbons (Fsp3) is 0.273. The third kappa shape index (κ3) is 1.89. The Labute approximate surface area is 87.4 Å². The molecule has 0 spiro atoms. The standard InChI is InChI=1S/C11H13NOS/c1-9(13)11-5-2-6-12(11)8-10-4-3-7-14-10/h2-7,9,13H,8H2,1H3. The molecule has 74 valence electrons. The highest BCUT2D eigenvalue weighted by molar-refractivity contribution is 7.09. The number of aliphatic hydroxyl groups is 1. The second kappa shape index (κ2) is 3.98. The van der Waals surface area contributed by atoms with Crippen molar-refractivity contribution in [2.24, 2.45) is 0 Å². The highest BCUT2D eigenvalue weighted by atomic mass is 32.1. The summed E-state index contributed by atoms with van der Waals surface area (Å²) < 4.78 is 2.08. The number of rotatable bonds is 3. The van der Waals surface area contributed by atoms with Crippen LogP contribution in [-0.4, -0.2) is 9.67 Å². The molecule has 0 amide bonds. The maximum Gasteiger partial charge on any atom is 0.0911 e. The molecule has 1 unspecified atom stereocenters. The van der Waals surface area contributed by atoms with Crippen LogP contribution in [0.2, 0.25) is 0 Å². The Morgan fingerprint density at radius 3 is 2.93 bits per heavy atom. The van der Waals surface area contributed by atoms with E-state index in [2.05, 4.69) is 16.0 Å². The summed E-state index contributed by atoms with van der Waals surface area (Å²) >= 11 is 1.74. The van der Waals surface area contributed by atoms with Crippen LogP contribution in [0.5, 0.6) is 0 Å². The predicted octanol–water partition coefficient (Wildman–Crippen LogP) is 2.65. The van der Waals surface area contributed by atoms with Crippen LogP contribution >= 0.6 is 11.3 Å². The lowest BCUT2D eigenvalue weighted by Gasteiger charge is -2.09. The summed E-state index contributed by atoms with van der Waals surface area (Å²) in [7, 11) is 0. The van der Waals surface area contributed by atoms with Gasteiger partial charge >= 0.3 is 0 Å². The quantitative estimate of drug-likeness (QED) is 0.822.